The van der Waals surface area contributed by atoms with Crippen LogP contribution in [-0.4, -0.2) is 60.4 Å². The Morgan fingerprint density at radius 2 is 1.88 bits per heavy atom. The molecule has 3 rings (SSSR count). The first kappa shape index (κ1) is 17.9. The standard InChI is InChI=1S/C18H23N5O3/c1-21-18(25)11-15(12-19-21)23-9-7-22(8-10-23)13-17(24)20-14-3-5-16(26-2)6-4-14/h3-6,11-12H,7-10,13H2,1-2H3,(H,20,24). The fourth-order valence-corrected chi connectivity index (χ4v) is 2.87. The van der Waals surface area contributed by atoms with Crippen LogP contribution < -0.4 is 20.5 Å². The quantitative estimate of drug-likeness (QED) is 0.842. The number of aryl methyl sites for hydroxylation is 1. The van der Waals surface area contributed by atoms with Gasteiger partial charge >= 0.3 is 0 Å². The predicted octanol–water partition coefficient (Wildman–Crippen LogP) is 0.550. The third kappa shape index (κ3) is 4.40. The van der Waals surface area contributed by atoms with Crippen LogP contribution in [0.3, 0.4) is 0 Å². The molecule has 1 N–H and O–H groups in total. The van der Waals surface area contributed by atoms with Crippen LogP contribution in [-0.2, 0) is 11.8 Å². The number of aromatic nitrogens is 2. The second-order valence-electron chi connectivity index (χ2n) is 6.22. The average molecular weight is 357 g/mol. The van der Waals surface area contributed by atoms with Gasteiger partial charge in [0.25, 0.3) is 5.56 Å². The predicted molar refractivity (Wildman–Crippen MR) is 99.8 cm³/mol. The van der Waals surface area contributed by atoms with Gasteiger partial charge in [-0.1, -0.05) is 0 Å². The number of ether oxygens (including phenoxy) is 1. The van der Waals surface area contributed by atoms with Gasteiger partial charge in [0.15, 0.2) is 0 Å². The summed E-state index contributed by atoms with van der Waals surface area (Å²) in [6.45, 7) is 3.36. The summed E-state index contributed by atoms with van der Waals surface area (Å²) >= 11 is 0. The van der Waals surface area contributed by atoms with Crippen molar-refractivity contribution in [2.45, 2.75) is 0 Å². The van der Waals surface area contributed by atoms with E-state index in [4.69, 9.17) is 4.74 Å². The van der Waals surface area contributed by atoms with E-state index in [9.17, 15) is 9.59 Å². The second kappa shape index (κ2) is 8.01. The lowest BCUT2D eigenvalue weighted by molar-refractivity contribution is -0.117. The molecule has 0 atom stereocenters. The monoisotopic (exact) mass is 357 g/mol. The Morgan fingerprint density at radius 1 is 1.19 bits per heavy atom. The highest BCUT2D eigenvalue weighted by Crippen LogP contribution is 2.16. The Balaban J connectivity index is 1.49. The fourth-order valence-electron chi connectivity index (χ4n) is 2.87. The molecule has 138 valence electrons. The number of hydrogen-bond donors (Lipinski definition) is 1. The molecule has 1 fully saturated rings. The smallest absolute Gasteiger partial charge is 0.268 e. The van der Waals surface area contributed by atoms with Gasteiger partial charge < -0.3 is 15.0 Å². The van der Waals surface area contributed by atoms with Gasteiger partial charge in [0, 0.05) is 45.0 Å². The molecule has 8 heteroatoms. The molecule has 0 radical (unpaired) electrons. The summed E-state index contributed by atoms with van der Waals surface area (Å²) in [7, 11) is 3.24. The topological polar surface area (TPSA) is 79.7 Å². The van der Waals surface area contributed by atoms with Crippen molar-refractivity contribution in [3.8, 4) is 5.75 Å². The zero-order valence-electron chi connectivity index (χ0n) is 15.0. The summed E-state index contributed by atoms with van der Waals surface area (Å²) in [6, 6.07) is 8.85. The number of piperazine rings is 1. The van der Waals surface area contributed by atoms with E-state index >= 15 is 0 Å². The summed E-state index contributed by atoms with van der Waals surface area (Å²) in [4.78, 5) is 28.1. The molecule has 0 spiro atoms. The van der Waals surface area contributed by atoms with E-state index in [0.29, 0.717) is 6.54 Å². The fraction of sp³-hybridized carbons (Fsp3) is 0.389. The third-order valence-corrected chi connectivity index (χ3v) is 4.43. The maximum atomic E-state index is 12.2. The summed E-state index contributed by atoms with van der Waals surface area (Å²) < 4.78 is 6.41. The molecule has 0 bridgehead atoms. The van der Waals surface area contributed by atoms with Crippen LogP contribution in [0, 0.1) is 0 Å². The van der Waals surface area contributed by atoms with E-state index in [1.165, 1.54) is 4.68 Å². The van der Waals surface area contributed by atoms with Gasteiger partial charge in [-0.25, -0.2) is 4.68 Å². The molecule has 1 aromatic carbocycles. The maximum absolute atomic E-state index is 12.2. The van der Waals surface area contributed by atoms with Gasteiger partial charge in [0.2, 0.25) is 5.91 Å². The Hall–Kier alpha value is -2.87. The number of amides is 1. The summed E-state index contributed by atoms with van der Waals surface area (Å²) in [5, 5.41) is 6.95. The number of nitrogens with zero attached hydrogens (tertiary/aromatic N) is 4. The molecule has 1 saturated heterocycles. The number of methoxy groups -OCH3 is 1. The number of rotatable bonds is 5. The van der Waals surface area contributed by atoms with Gasteiger partial charge in [-0.15, -0.1) is 0 Å². The van der Waals surface area contributed by atoms with Crippen molar-refractivity contribution in [3.05, 3.63) is 46.9 Å². The van der Waals surface area contributed by atoms with Crippen molar-refractivity contribution in [2.75, 3.05) is 50.1 Å². The molecule has 0 unspecified atom stereocenters. The highest BCUT2D eigenvalue weighted by Gasteiger charge is 2.20. The Labute approximate surface area is 152 Å². The molecular weight excluding hydrogens is 334 g/mol. The first-order chi connectivity index (χ1) is 12.5. The van der Waals surface area contributed by atoms with Crippen LogP contribution in [0.4, 0.5) is 11.4 Å². The number of anilines is 2. The van der Waals surface area contributed by atoms with E-state index in [2.05, 4.69) is 20.2 Å². The molecule has 2 aromatic rings. The highest BCUT2D eigenvalue weighted by atomic mass is 16.5. The van der Waals surface area contributed by atoms with E-state index < -0.39 is 0 Å². The van der Waals surface area contributed by atoms with Crippen molar-refractivity contribution in [1.29, 1.82) is 0 Å². The number of carbonyl (C=O) groups is 1. The molecule has 1 aliphatic rings. The number of benzene rings is 1. The van der Waals surface area contributed by atoms with Crippen LogP contribution in [0.25, 0.3) is 0 Å². The second-order valence-corrected chi connectivity index (χ2v) is 6.22. The minimum atomic E-state index is -0.121. The van der Waals surface area contributed by atoms with Crippen molar-refractivity contribution < 1.29 is 9.53 Å². The summed E-state index contributed by atoms with van der Waals surface area (Å²) in [5.41, 5.74) is 1.46. The van der Waals surface area contributed by atoms with Crippen LogP contribution in [0.1, 0.15) is 0 Å². The van der Waals surface area contributed by atoms with Crippen molar-refractivity contribution in [1.82, 2.24) is 14.7 Å². The largest absolute Gasteiger partial charge is 0.497 e. The van der Waals surface area contributed by atoms with Crippen LogP contribution in [0.2, 0.25) is 0 Å². The zero-order chi connectivity index (χ0) is 18.5. The molecule has 0 saturated carbocycles. The lowest BCUT2D eigenvalue weighted by atomic mass is 10.2. The van der Waals surface area contributed by atoms with Crippen LogP contribution in [0.15, 0.2) is 41.3 Å². The Morgan fingerprint density at radius 3 is 2.50 bits per heavy atom. The lowest BCUT2D eigenvalue weighted by Gasteiger charge is -2.35. The number of hydrogen-bond acceptors (Lipinski definition) is 6. The molecule has 0 aliphatic carbocycles. The van der Waals surface area contributed by atoms with Gasteiger partial charge in [0.1, 0.15) is 5.75 Å². The molecule has 8 nitrogen and oxygen atoms in total. The maximum Gasteiger partial charge on any atom is 0.268 e. The normalized spacial score (nSPS) is 14.9. The van der Waals surface area contributed by atoms with Crippen LogP contribution in [0.5, 0.6) is 5.75 Å². The van der Waals surface area contributed by atoms with E-state index in [1.54, 1.807) is 26.4 Å². The molecule has 26 heavy (non-hydrogen) atoms. The SMILES string of the molecule is COc1ccc(NC(=O)CN2CCN(c3cnn(C)c(=O)c3)CC2)cc1. The molecule has 1 amide bonds. The molecule has 2 heterocycles. The van der Waals surface area contributed by atoms with E-state index in [1.807, 2.05) is 24.3 Å². The van der Waals surface area contributed by atoms with Gasteiger partial charge in [0.05, 0.1) is 25.5 Å². The third-order valence-electron chi connectivity index (χ3n) is 4.43. The van der Waals surface area contributed by atoms with Gasteiger partial charge in [-0.05, 0) is 24.3 Å². The first-order valence-corrected chi connectivity index (χ1v) is 8.50. The Bertz CT molecular complexity index is 810. The van der Waals surface area contributed by atoms with Crippen molar-refractivity contribution in [3.63, 3.8) is 0 Å². The van der Waals surface area contributed by atoms with Crippen molar-refractivity contribution in [2.24, 2.45) is 7.05 Å². The van der Waals surface area contributed by atoms with Crippen molar-refractivity contribution >= 4 is 17.3 Å². The minimum absolute atomic E-state index is 0.0427. The molecule has 1 aliphatic heterocycles. The summed E-state index contributed by atoms with van der Waals surface area (Å²) in [5.74, 6) is 0.711. The number of nitrogens with one attached hydrogen (secondary N) is 1. The van der Waals surface area contributed by atoms with Gasteiger partial charge in [-0.3, -0.25) is 14.5 Å². The first-order valence-electron chi connectivity index (χ1n) is 8.50. The number of carbonyl (C=O) groups excluding carboxylic acids is 1. The van der Waals surface area contributed by atoms with Gasteiger partial charge in [-0.2, -0.15) is 5.10 Å². The molecular formula is C18H23N5O3. The highest BCUT2D eigenvalue weighted by molar-refractivity contribution is 5.92. The van der Waals surface area contributed by atoms with Crippen LogP contribution >= 0.6 is 0 Å². The van der Waals surface area contributed by atoms with E-state index in [0.717, 1.165) is 43.3 Å². The lowest BCUT2D eigenvalue weighted by Crippen LogP contribution is -2.49. The Kier molecular flexibility index (Phi) is 5.52. The minimum Gasteiger partial charge on any atom is -0.497 e. The molecule has 1 aromatic heterocycles. The average Bonchev–Trinajstić information content (AvgIpc) is 2.65. The van der Waals surface area contributed by atoms with E-state index in [-0.39, 0.29) is 11.5 Å². The zero-order valence-corrected chi connectivity index (χ0v) is 15.0. The summed E-state index contributed by atoms with van der Waals surface area (Å²) in [6.07, 6.45) is 1.70.